The van der Waals surface area contributed by atoms with Crippen LogP contribution in [0.25, 0.3) is 10.9 Å². The summed E-state index contributed by atoms with van der Waals surface area (Å²) in [5, 5.41) is 1.52. The van der Waals surface area contributed by atoms with Crippen LogP contribution in [0.3, 0.4) is 0 Å². The summed E-state index contributed by atoms with van der Waals surface area (Å²) in [7, 11) is 0. The van der Waals surface area contributed by atoms with E-state index in [1.54, 1.807) is 12.1 Å². The largest absolute Gasteiger partial charge is 0.358 e. The molecule has 0 radical (unpaired) electrons. The number of likely N-dealkylation sites (tertiary alicyclic amines) is 1. The number of carbonyl (C=O) groups excluding carboxylic acids is 1. The number of H-pyrrole nitrogens is 1. The van der Waals surface area contributed by atoms with Crippen molar-refractivity contribution in [3.05, 3.63) is 93.9 Å². The minimum Gasteiger partial charge on any atom is -0.358 e. The Morgan fingerprint density at radius 1 is 1.00 bits per heavy atom. The lowest BCUT2D eigenvalue weighted by Crippen LogP contribution is -2.47. The number of benzene rings is 2. The third-order valence-corrected chi connectivity index (χ3v) is 7.48. The first-order valence-corrected chi connectivity index (χ1v) is 13.5. The zero-order valence-corrected chi connectivity index (χ0v) is 23.0. The summed E-state index contributed by atoms with van der Waals surface area (Å²) in [5.41, 5.74) is 4.87. The topological polar surface area (TPSA) is 52.2 Å². The number of fused-ring (bicyclic) bond motifs is 1. The Balaban J connectivity index is 1.45. The SMILES string of the molecule is CC(C)(C)c1cc2cc(N(C(=O)c3cc(Cl)nc(Cl)c3)C3CCN(Cc4ccccc4)CC3)ccc2[nH]1. The average molecular weight is 536 g/mol. The van der Waals surface area contributed by atoms with E-state index < -0.39 is 0 Å². The molecule has 1 aliphatic rings. The van der Waals surface area contributed by atoms with E-state index in [1.165, 1.54) is 11.3 Å². The van der Waals surface area contributed by atoms with Crippen molar-refractivity contribution < 1.29 is 4.79 Å². The number of nitrogens with one attached hydrogen (secondary N) is 1. The fourth-order valence-electron chi connectivity index (χ4n) is 5.07. The van der Waals surface area contributed by atoms with Gasteiger partial charge in [-0.25, -0.2) is 4.98 Å². The Bertz CT molecular complexity index is 1380. The normalized spacial score (nSPS) is 15.3. The highest BCUT2D eigenvalue weighted by Gasteiger charge is 2.31. The molecule has 3 heterocycles. The van der Waals surface area contributed by atoms with Gasteiger partial charge in [-0.05, 0) is 54.8 Å². The van der Waals surface area contributed by atoms with E-state index in [4.69, 9.17) is 23.2 Å². The first kappa shape index (κ1) is 25.8. The van der Waals surface area contributed by atoms with Gasteiger partial charge in [-0.15, -0.1) is 0 Å². The number of halogens is 2. The molecular weight excluding hydrogens is 503 g/mol. The molecule has 0 aliphatic carbocycles. The van der Waals surface area contributed by atoms with Crippen LogP contribution >= 0.6 is 23.2 Å². The first-order valence-electron chi connectivity index (χ1n) is 12.7. The van der Waals surface area contributed by atoms with Crippen LogP contribution in [0.15, 0.2) is 66.7 Å². The second kappa shape index (κ2) is 10.5. The predicted molar refractivity (Wildman–Crippen MR) is 153 cm³/mol. The van der Waals surface area contributed by atoms with Crippen LogP contribution in [-0.2, 0) is 12.0 Å². The van der Waals surface area contributed by atoms with E-state index in [0.29, 0.717) is 5.56 Å². The van der Waals surface area contributed by atoms with Crippen LogP contribution in [-0.4, -0.2) is 39.9 Å². The van der Waals surface area contributed by atoms with Crippen LogP contribution in [0.2, 0.25) is 10.3 Å². The Morgan fingerprint density at radius 3 is 2.32 bits per heavy atom. The Kier molecular flexibility index (Phi) is 7.30. The maximum Gasteiger partial charge on any atom is 0.258 e. The van der Waals surface area contributed by atoms with Gasteiger partial charge in [0.05, 0.1) is 0 Å². The Morgan fingerprint density at radius 2 is 1.68 bits per heavy atom. The molecule has 5 nitrogen and oxygen atoms in total. The number of hydrogen-bond acceptors (Lipinski definition) is 3. The summed E-state index contributed by atoms with van der Waals surface area (Å²) in [6.45, 7) is 9.32. The molecule has 0 unspecified atom stereocenters. The Hall–Kier alpha value is -2.86. The number of rotatable bonds is 5. The number of hydrogen-bond donors (Lipinski definition) is 1. The lowest BCUT2D eigenvalue weighted by atomic mass is 9.92. The number of nitrogens with zero attached hydrogens (tertiary/aromatic N) is 3. The molecule has 4 aromatic rings. The van der Waals surface area contributed by atoms with E-state index >= 15 is 0 Å². The molecule has 1 amide bonds. The number of pyridine rings is 1. The van der Waals surface area contributed by atoms with Gasteiger partial charge in [0.2, 0.25) is 0 Å². The third kappa shape index (κ3) is 5.85. The van der Waals surface area contributed by atoms with Crippen molar-refractivity contribution >= 4 is 45.7 Å². The van der Waals surface area contributed by atoms with Crippen LogP contribution in [0.1, 0.15) is 55.2 Å². The second-order valence-electron chi connectivity index (χ2n) is 10.9. The number of amides is 1. The molecule has 5 rings (SSSR count). The van der Waals surface area contributed by atoms with Gasteiger partial charge in [0.1, 0.15) is 10.3 Å². The van der Waals surface area contributed by atoms with Crippen molar-refractivity contribution in [2.75, 3.05) is 18.0 Å². The summed E-state index contributed by atoms with van der Waals surface area (Å²) < 4.78 is 0. The van der Waals surface area contributed by atoms with E-state index in [-0.39, 0.29) is 27.7 Å². The highest BCUT2D eigenvalue weighted by atomic mass is 35.5. The number of carbonyl (C=O) groups is 1. The van der Waals surface area contributed by atoms with Gasteiger partial charge in [0.15, 0.2) is 0 Å². The van der Waals surface area contributed by atoms with Crippen molar-refractivity contribution in [1.29, 1.82) is 0 Å². The van der Waals surface area contributed by atoms with E-state index in [0.717, 1.165) is 49.1 Å². The minimum absolute atomic E-state index is 0.00477. The van der Waals surface area contributed by atoms with Crippen molar-refractivity contribution in [2.24, 2.45) is 0 Å². The van der Waals surface area contributed by atoms with Crippen LogP contribution in [0.5, 0.6) is 0 Å². The predicted octanol–water partition coefficient (Wildman–Crippen LogP) is 7.48. The first-order chi connectivity index (χ1) is 17.7. The monoisotopic (exact) mass is 534 g/mol. The summed E-state index contributed by atoms with van der Waals surface area (Å²) in [6.07, 6.45) is 1.76. The molecule has 37 heavy (non-hydrogen) atoms. The maximum absolute atomic E-state index is 14.0. The zero-order valence-electron chi connectivity index (χ0n) is 21.5. The number of piperidine rings is 1. The number of anilines is 1. The Labute approximate surface area is 228 Å². The number of aromatic amines is 1. The molecule has 0 spiro atoms. The summed E-state index contributed by atoms with van der Waals surface area (Å²) >= 11 is 12.3. The highest BCUT2D eigenvalue weighted by Crippen LogP contribution is 2.32. The third-order valence-electron chi connectivity index (χ3n) is 7.09. The lowest BCUT2D eigenvalue weighted by molar-refractivity contribution is 0.0958. The molecule has 1 saturated heterocycles. The minimum atomic E-state index is -0.112. The van der Waals surface area contributed by atoms with Gasteiger partial charge in [-0.2, -0.15) is 0 Å². The molecule has 0 atom stereocenters. The zero-order chi connectivity index (χ0) is 26.2. The fraction of sp³-hybridized carbons (Fsp3) is 0.333. The molecule has 1 N–H and O–H groups in total. The molecule has 2 aromatic heterocycles. The molecule has 2 aromatic carbocycles. The molecule has 7 heteroatoms. The molecule has 1 fully saturated rings. The quantitative estimate of drug-likeness (QED) is 0.270. The lowest BCUT2D eigenvalue weighted by Gasteiger charge is -2.38. The summed E-state index contributed by atoms with van der Waals surface area (Å²) in [5.74, 6) is -0.112. The van der Waals surface area contributed by atoms with Crippen LogP contribution in [0.4, 0.5) is 5.69 Å². The van der Waals surface area contributed by atoms with Crippen molar-refractivity contribution in [2.45, 2.75) is 51.6 Å². The maximum atomic E-state index is 14.0. The van der Waals surface area contributed by atoms with Crippen molar-refractivity contribution in [1.82, 2.24) is 14.9 Å². The van der Waals surface area contributed by atoms with Gasteiger partial charge in [-0.3, -0.25) is 9.69 Å². The van der Waals surface area contributed by atoms with E-state index in [2.05, 4.69) is 78.1 Å². The van der Waals surface area contributed by atoms with E-state index in [1.807, 2.05) is 17.0 Å². The van der Waals surface area contributed by atoms with Gasteiger partial charge >= 0.3 is 0 Å². The molecule has 0 bridgehead atoms. The molecule has 1 aliphatic heterocycles. The van der Waals surface area contributed by atoms with Gasteiger partial charge in [0.25, 0.3) is 5.91 Å². The van der Waals surface area contributed by atoms with Crippen molar-refractivity contribution in [3.8, 4) is 0 Å². The summed E-state index contributed by atoms with van der Waals surface area (Å²) in [4.78, 5) is 25.9. The molecule has 192 valence electrons. The average Bonchev–Trinajstić information content (AvgIpc) is 3.30. The van der Waals surface area contributed by atoms with Gasteiger partial charge in [-0.1, -0.05) is 74.3 Å². The summed E-state index contributed by atoms with van der Waals surface area (Å²) in [6, 6.07) is 22.2. The highest BCUT2D eigenvalue weighted by molar-refractivity contribution is 6.33. The molecule has 0 saturated carbocycles. The van der Waals surface area contributed by atoms with Gasteiger partial charge in [0, 0.05) is 58.9 Å². The number of aromatic nitrogens is 2. The van der Waals surface area contributed by atoms with Gasteiger partial charge < -0.3 is 9.88 Å². The second-order valence-corrected chi connectivity index (χ2v) is 11.6. The fourth-order valence-corrected chi connectivity index (χ4v) is 5.53. The van der Waals surface area contributed by atoms with Crippen molar-refractivity contribution in [3.63, 3.8) is 0 Å². The van der Waals surface area contributed by atoms with Crippen LogP contribution < -0.4 is 4.90 Å². The molecular formula is C30H32Cl2N4O. The smallest absolute Gasteiger partial charge is 0.258 e. The van der Waals surface area contributed by atoms with Crippen LogP contribution in [0, 0.1) is 0 Å². The standard InChI is InChI=1S/C30H32Cl2N4O/c1-30(2,3)26-16-21-15-24(9-10-25(21)33-26)36(29(37)22-17-27(31)34-28(32)18-22)23-11-13-35(14-12-23)19-20-7-5-4-6-8-20/h4-10,15-18,23,33H,11-14,19H2,1-3H3. The van der Waals surface area contributed by atoms with E-state index in [9.17, 15) is 4.79 Å².